The SMILES string of the molecule is COCCc1ncc(CN2CCC(c3nc(NC(C)C)ncc3-c3cccnc3)CC2)cn1. The van der Waals surface area contributed by atoms with Gasteiger partial charge in [-0.3, -0.25) is 9.88 Å². The lowest BCUT2D eigenvalue weighted by Crippen LogP contribution is -2.33. The molecule has 0 aliphatic carbocycles. The third-order valence-electron chi connectivity index (χ3n) is 5.88. The van der Waals surface area contributed by atoms with E-state index in [1.54, 1.807) is 13.3 Å². The molecular weight excluding hydrogens is 414 g/mol. The van der Waals surface area contributed by atoms with Crippen LogP contribution in [0.25, 0.3) is 11.1 Å². The molecule has 0 saturated carbocycles. The third-order valence-corrected chi connectivity index (χ3v) is 5.88. The fourth-order valence-electron chi connectivity index (χ4n) is 4.19. The van der Waals surface area contributed by atoms with Crippen LogP contribution in [0.4, 0.5) is 5.95 Å². The normalized spacial score (nSPS) is 15.2. The van der Waals surface area contributed by atoms with E-state index < -0.39 is 0 Å². The van der Waals surface area contributed by atoms with Gasteiger partial charge in [0, 0.05) is 79.7 Å². The van der Waals surface area contributed by atoms with Gasteiger partial charge in [-0.25, -0.2) is 19.9 Å². The molecule has 0 unspecified atom stereocenters. The number of nitrogens with one attached hydrogen (secondary N) is 1. The smallest absolute Gasteiger partial charge is 0.223 e. The molecule has 4 rings (SSSR count). The van der Waals surface area contributed by atoms with Crippen LogP contribution in [0, 0.1) is 0 Å². The number of ether oxygens (including phenoxy) is 1. The first-order chi connectivity index (χ1) is 16.1. The van der Waals surface area contributed by atoms with E-state index in [4.69, 9.17) is 9.72 Å². The van der Waals surface area contributed by atoms with E-state index in [0.29, 0.717) is 18.5 Å². The number of hydrogen-bond acceptors (Lipinski definition) is 8. The molecule has 1 saturated heterocycles. The average molecular weight is 448 g/mol. The number of likely N-dealkylation sites (tertiary alicyclic amines) is 1. The highest BCUT2D eigenvalue weighted by Gasteiger charge is 2.25. The number of nitrogens with zero attached hydrogens (tertiary/aromatic N) is 6. The minimum atomic E-state index is 0.284. The summed E-state index contributed by atoms with van der Waals surface area (Å²) < 4.78 is 5.10. The fraction of sp³-hybridized carbons (Fsp3) is 0.480. The number of aromatic nitrogens is 5. The second kappa shape index (κ2) is 11.2. The standard InChI is InChI=1S/C25H33N7O/c1-18(2)30-25-29-16-22(21-5-4-9-26-15-21)24(31-25)20-6-10-32(11-7-20)17-19-13-27-23(28-14-19)8-12-33-3/h4-5,9,13-16,18,20H,6-8,10-12,17H2,1-3H3,(H,29,30,31). The highest BCUT2D eigenvalue weighted by atomic mass is 16.5. The number of methoxy groups -OCH3 is 1. The number of pyridine rings is 1. The molecule has 0 aromatic carbocycles. The van der Waals surface area contributed by atoms with E-state index in [2.05, 4.69) is 50.1 Å². The van der Waals surface area contributed by atoms with Crippen molar-refractivity contribution < 1.29 is 4.74 Å². The van der Waals surface area contributed by atoms with Crippen molar-refractivity contribution in [2.24, 2.45) is 0 Å². The predicted molar refractivity (Wildman–Crippen MR) is 129 cm³/mol. The van der Waals surface area contributed by atoms with Crippen molar-refractivity contribution in [3.05, 3.63) is 60.2 Å². The maximum absolute atomic E-state index is 5.10. The summed E-state index contributed by atoms with van der Waals surface area (Å²) in [6.07, 6.45) is 12.4. The van der Waals surface area contributed by atoms with Gasteiger partial charge in [-0.2, -0.15) is 0 Å². The summed E-state index contributed by atoms with van der Waals surface area (Å²) in [5.41, 5.74) is 4.41. The first-order valence-electron chi connectivity index (χ1n) is 11.7. The molecule has 1 aliphatic heterocycles. The molecule has 0 atom stereocenters. The maximum Gasteiger partial charge on any atom is 0.223 e. The van der Waals surface area contributed by atoms with E-state index in [0.717, 1.165) is 67.1 Å². The minimum absolute atomic E-state index is 0.284. The van der Waals surface area contributed by atoms with Crippen molar-refractivity contribution in [1.82, 2.24) is 29.8 Å². The molecule has 8 nitrogen and oxygen atoms in total. The zero-order chi connectivity index (χ0) is 23.0. The maximum atomic E-state index is 5.10. The molecule has 174 valence electrons. The van der Waals surface area contributed by atoms with Gasteiger partial charge in [0.15, 0.2) is 0 Å². The lowest BCUT2D eigenvalue weighted by molar-refractivity contribution is 0.199. The second-order valence-electron chi connectivity index (χ2n) is 8.83. The Morgan fingerprint density at radius 1 is 1.09 bits per heavy atom. The average Bonchev–Trinajstić information content (AvgIpc) is 2.84. The monoisotopic (exact) mass is 447 g/mol. The van der Waals surface area contributed by atoms with Gasteiger partial charge in [-0.15, -0.1) is 0 Å². The Hall–Kier alpha value is -2.97. The van der Waals surface area contributed by atoms with E-state index in [1.165, 1.54) is 0 Å². The predicted octanol–water partition coefficient (Wildman–Crippen LogP) is 3.72. The van der Waals surface area contributed by atoms with Gasteiger partial charge in [-0.1, -0.05) is 6.07 Å². The van der Waals surface area contributed by atoms with Crippen molar-refractivity contribution in [2.45, 2.75) is 51.6 Å². The topological polar surface area (TPSA) is 89.0 Å². The molecule has 3 aromatic heterocycles. The molecule has 1 fully saturated rings. The Kier molecular flexibility index (Phi) is 7.91. The molecule has 0 radical (unpaired) electrons. The van der Waals surface area contributed by atoms with Gasteiger partial charge in [0.1, 0.15) is 5.82 Å². The van der Waals surface area contributed by atoms with E-state index in [-0.39, 0.29) is 6.04 Å². The van der Waals surface area contributed by atoms with Crippen molar-refractivity contribution in [2.75, 3.05) is 32.1 Å². The third kappa shape index (κ3) is 6.30. The zero-order valence-electron chi connectivity index (χ0n) is 19.7. The van der Waals surface area contributed by atoms with Crippen LogP contribution in [0.5, 0.6) is 0 Å². The lowest BCUT2D eigenvalue weighted by atomic mass is 9.89. The largest absolute Gasteiger partial charge is 0.384 e. The molecule has 1 aliphatic rings. The van der Waals surface area contributed by atoms with Gasteiger partial charge in [-0.05, 0) is 45.8 Å². The Bertz CT molecular complexity index is 1000. The van der Waals surface area contributed by atoms with Crippen molar-refractivity contribution in [1.29, 1.82) is 0 Å². The van der Waals surface area contributed by atoms with Gasteiger partial charge < -0.3 is 10.1 Å². The van der Waals surface area contributed by atoms with Crippen LogP contribution in [-0.2, 0) is 17.7 Å². The van der Waals surface area contributed by atoms with E-state index in [9.17, 15) is 0 Å². The molecular formula is C25H33N7O. The number of piperidine rings is 1. The zero-order valence-corrected chi connectivity index (χ0v) is 19.7. The Morgan fingerprint density at radius 3 is 2.55 bits per heavy atom. The summed E-state index contributed by atoms with van der Waals surface area (Å²) in [5.74, 6) is 1.91. The molecule has 1 N–H and O–H groups in total. The van der Waals surface area contributed by atoms with Crippen LogP contribution in [0.1, 0.15) is 49.7 Å². The molecule has 3 aromatic rings. The fourth-order valence-corrected chi connectivity index (χ4v) is 4.19. The van der Waals surface area contributed by atoms with Crippen LogP contribution < -0.4 is 5.32 Å². The molecule has 33 heavy (non-hydrogen) atoms. The summed E-state index contributed by atoms with van der Waals surface area (Å²) in [5, 5.41) is 3.35. The van der Waals surface area contributed by atoms with Crippen LogP contribution in [0.15, 0.2) is 43.1 Å². The van der Waals surface area contributed by atoms with Crippen LogP contribution in [0.2, 0.25) is 0 Å². The Balaban J connectivity index is 1.44. The van der Waals surface area contributed by atoms with Crippen LogP contribution >= 0.6 is 0 Å². The van der Waals surface area contributed by atoms with Gasteiger partial charge in [0.2, 0.25) is 5.95 Å². The van der Waals surface area contributed by atoms with E-state index >= 15 is 0 Å². The quantitative estimate of drug-likeness (QED) is 0.531. The number of anilines is 1. The highest BCUT2D eigenvalue weighted by molar-refractivity contribution is 5.65. The highest BCUT2D eigenvalue weighted by Crippen LogP contribution is 2.34. The molecule has 4 heterocycles. The Labute approximate surface area is 195 Å². The first kappa shape index (κ1) is 23.2. The lowest BCUT2D eigenvalue weighted by Gasteiger charge is -2.32. The first-order valence-corrected chi connectivity index (χ1v) is 11.7. The number of rotatable bonds is 9. The van der Waals surface area contributed by atoms with Crippen molar-refractivity contribution >= 4 is 5.95 Å². The van der Waals surface area contributed by atoms with Crippen LogP contribution in [-0.4, -0.2) is 62.7 Å². The van der Waals surface area contributed by atoms with E-state index in [1.807, 2.05) is 30.9 Å². The van der Waals surface area contributed by atoms with Gasteiger partial charge in [0.05, 0.1) is 12.3 Å². The second-order valence-corrected chi connectivity index (χ2v) is 8.83. The van der Waals surface area contributed by atoms with Gasteiger partial charge in [0.25, 0.3) is 0 Å². The molecule has 0 spiro atoms. The van der Waals surface area contributed by atoms with Gasteiger partial charge >= 0.3 is 0 Å². The molecule has 0 amide bonds. The molecule has 0 bridgehead atoms. The number of hydrogen-bond donors (Lipinski definition) is 1. The minimum Gasteiger partial charge on any atom is -0.384 e. The summed E-state index contributed by atoms with van der Waals surface area (Å²) >= 11 is 0. The summed E-state index contributed by atoms with van der Waals surface area (Å²) in [7, 11) is 1.70. The van der Waals surface area contributed by atoms with Crippen LogP contribution in [0.3, 0.4) is 0 Å². The summed E-state index contributed by atoms with van der Waals surface area (Å²) in [6.45, 7) is 7.75. The molecule has 8 heteroatoms. The summed E-state index contributed by atoms with van der Waals surface area (Å²) in [4.78, 5) is 25.2. The van der Waals surface area contributed by atoms with Crippen molar-refractivity contribution in [3.63, 3.8) is 0 Å². The Morgan fingerprint density at radius 2 is 1.88 bits per heavy atom. The summed E-state index contributed by atoms with van der Waals surface area (Å²) in [6, 6.07) is 4.33. The van der Waals surface area contributed by atoms with Crippen molar-refractivity contribution in [3.8, 4) is 11.1 Å².